The highest BCUT2D eigenvalue weighted by molar-refractivity contribution is 6.15. The third-order valence-electron chi connectivity index (χ3n) is 11.4. The molecule has 0 aliphatic carbocycles. The normalized spacial score (nSPS) is 11.9. The number of hydrogen-bond acceptors (Lipinski definition) is 3. The Bertz CT molecular complexity index is 3440. The highest BCUT2D eigenvalue weighted by Gasteiger charge is 2.23. The Labute approximate surface area is 321 Å². The van der Waals surface area contributed by atoms with Gasteiger partial charge >= 0.3 is 0 Å². The van der Waals surface area contributed by atoms with Crippen molar-refractivity contribution in [1.82, 2.24) is 4.57 Å². The highest BCUT2D eigenvalue weighted by atomic mass is 16.3. The Morgan fingerprint density at radius 3 is 1.77 bits per heavy atom. The summed E-state index contributed by atoms with van der Waals surface area (Å²) in [5.74, 6) is 0. The topological polar surface area (TPSA) is 34.5 Å². The fourth-order valence-corrected chi connectivity index (χ4v) is 8.84. The zero-order valence-electron chi connectivity index (χ0n) is 30.2. The summed E-state index contributed by atoms with van der Waals surface area (Å²) in [6.07, 6.45) is 0. The Balaban J connectivity index is 1.08. The molecule has 3 heterocycles. The lowest BCUT2D eigenvalue weighted by molar-refractivity contribution is 0.669. The van der Waals surface area contributed by atoms with E-state index in [1.165, 1.54) is 32.6 Å². The number of aromatic nitrogens is 1. The maximum absolute atomic E-state index is 6.45. The molecule has 0 radical (unpaired) electrons. The van der Waals surface area contributed by atoms with E-state index in [0.717, 1.165) is 77.8 Å². The number of furan rings is 2. The van der Waals surface area contributed by atoms with E-state index in [0.29, 0.717) is 0 Å². The van der Waals surface area contributed by atoms with Crippen molar-refractivity contribution < 1.29 is 8.83 Å². The lowest BCUT2D eigenvalue weighted by Crippen LogP contribution is -2.11. The SMILES string of the molecule is c1ccc(N(c2ccc(-n3c4ccccc4c4ccccc43)cc2)c2cccc3oc4ccccc4c23)c(-c2ccc3oc4cc5ccccc5cc4c3c2)c1. The molecule has 56 heavy (non-hydrogen) atoms. The summed E-state index contributed by atoms with van der Waals surface area (Å²) in [6, 6.07) is 69.1. The number of nitrogens with zero attached hydrogens (tertiary/aromatic N) is 2. The molecule has 0 fully saturated rings. The van der Waals surface area contributed by atoms with Crippen molar-refractivity contribution in [2.45, 2.75) is 0 Å². The van der Waals surface area contributed by atoms with E-state index in [4.69, 9.17) is 8.83 Å². The van der Waals surface area contributed by atoms with Crippen LogP contribution in [0.15, 0.2) is 203 Å². The van der Waals surface area contributed by atoms with Crippen LogP contribution >= 0.6 is 0 Å². The smallest absolute Gasteiger partial charge is 0.137 e. The lowest BCUT2D eigenvalue weighted by Gasteiger charge is -2.28. The van der Waals surface area contributed by atoms with Crippen molar-refractivity contribution in [2.75, 3.05) is 4.90 Å². The van der Waals surface area contributed by atoms with E-state index in [-0.39, 0.29) is 0 Å². The van der Waals surface area contributed by atoms with E-state index >= 15 is 0 Å². The first-order valence-corrected chi connectivity index (χ1v) is 19.0. The maximum Gasteiger partial charge on any atom is 0.137 e. The van der Waals surface area contributed by atoms with Crippen LogP contribution in [0, 0.1) is 0 Å². The highest BCUT2D eigenvalue weighted by Crippen LogP contribution is 2.47. The summed E-state index contributed by atoms with van der Waals surface area (Å²) in [6.45, 7) is 0. The van der Waals surface area contributed by atoms with Crippen molar-refractivity contribution in [3.8, 4) is 16.8 Å². The molecule has 4 heteroatoms. The van der Waals surface area contributed by atoms with Gasteiger partial charge in [0.2, 0.25) is 0 Å². The number of rotatable bonds is 5. The van der Waals surface area contributed by atoms with Gasteiger partial charge in [0.15, 0.2) is 0 Å². The molecule has 12 rings (SSSR count). The summed E-state index contributed by atoms with van der Waals surface area (Å²) in [4.78, 5) is 2.39. The molecule has 0 aliphatic heterocycles. The fourth-order valence-electron chi connectivity index (χ4n) is 8.84. The van der Waals surface area contributed by atoms with Crippen LogP contribution in [-0.4, -0.2) is 4.57 Å². The molecule has 4 nitrogen and oxygen atoms in total. The molecular weight excluding hydrogens is 685 g/mol. The van der Waals surface area contributed by atoms with Crippen molar-refractivity contribution in [1.29, 1.82) is 0 Å². The fraction of sp³-hybridized carbons (Fsp3) is 0. The van der Waals surface area contributed by atoms with Crippen LogP contribution in [0.3, 0.4) is 0 Å². The van der Waals surface area contributed by atoms with E-state index in [2.05, 4.69) is 191 Å². The van der Waals surface area contributed by atoms with E-state index in [1.807, 2.05) is 12.1 Å². The van der Waals surface area contributed by atoms with Crippen LogP contribution in [-0.2, 0) is 0 Å². The van der Waals surface area contributed by atoms with E-state index in [9.17, 15) is 0 Å². The third-order valence-corrected chi connectivity index (χ3v) is 11.4. The molecule has 3 aromatic heterocycles. The molecule has 0 aliphatic rings. The molecule has 0 spiro atoms. The second-order valence-electron chi connectivity index (χ2n) is 14.5. The third kappa shape index (κ3) is 4.60. The van der Waals surface area contributed by atoms with Gasteiger partial charge in [-0.2, -0.15) is 0 Å². The monoisotopic (exact) mass is 716 g/mol. The summed E-state index contributed by atoms with van der Waals surface area (Å²) < 4.78 is 15.2. The van der Waals surface area contributed by atoms with Gasteiger partial charge in [-0.05, 0) is 101 Å². The number of benzene rings is 9. The molecule has 0 atom stereocenters. The predicted molar refractivity (Wildman–Crippen MR) is 233 cm³/mol. The Hall–Kier alpha value is -7.56. The average molecular weight is 717 g/mol. The van der Waals surface area contributed by atoms with Gasteiger partial charge in [-0.1, -0.05) is 109 Å². The Kier molecular flexibility index (Phi) is 6.60. The van der Waals surface area contributed by atoms with Crippen LogP contribution in [0.25, 0.3) is 93.3 Å². The van der Waals surface area contributed by atoms with Gasteiger partial charge < -0.3 is 18.3 Å². The minimum absolute atomic E-state index is 0.853. The summed E-state index contributed by atoms with van der Waals surface area (Å²) in [5.41, 5.74) is 12.4. The van der Waals surface area contributed by atoms with Gasteiger partial charge in [-0.25, -0.2) is 0 Å². The summed E-state index contributed by atoms with van der Waals surface area (Å²) in [5, 5.41) is 9.24. The number of para-hydroxylation sites is 4. The molecule has 0 unspecified atom stereocenters. The van der Waals surface area contributed by atoms with E-state index < -0.39 is 0 Å². The van der Waals surface area contributed by atoms with Crippen LogP contribution in [0.4, 0.5) is 17.1 Å². The lowest BCUT2D eigenvalue weighted by atomic mass is 9.98. The number of fused-ring (bicyclic) bond motifs is 10. The molecule has 0 saturated heterocycles. The van der Waals surface area contributed by atoms with Crippen molar-refractivity contribution in [2.24, 2.45) is 0 Å². The predicted octanol–water partition coefficient (Wildman–Crippen LogP) is 14.9. The first kappa shape index (κ1) is 30.9. The molecule has 0 bridgehead atoms. The summed E-state index contributed by atoms with van der Waals surface area (Å²) >= 11 is 0. The first-order chi connectivity index (χ1) is 27.8. The Morgan fingerprint density at radius 1 is 0.375 bits per heavy atom. The molecule has 0 saturated carbocycles. The first-order valence-electron chi connectivity index (χ1n) is 19.0. The zero-order chi connectivity index (χ0) is 36.7. The molecular formula is C52H32N2O2. The standard InChI is InChI=1S/C52H32N2O2/c1-2-13-34-32-51-43(30-33(34)12-1)42-31-35(24-29-49(42)56-51)38-14-3-7-18-44(38)54(47-21-11-23-50-52(47)41-17-6-10-22-48(41)55-50)37-27-25-36(26-28-37)53-45-19-8-4-15-39(45)40-16-5-9-20-46(40)53/h1-32H. The minimum Gasteiger partial charge on any atom is -0.456 e. The second kappa shape index (κ2) is 12.0. The van der Waals surface area contributed by atoms with Gasteiger partial charge in [0.25, 0.3) is 0 Å². The second-order valence-corrected chi connectivity index (χ2v) is 14.5. The largest absolute Gasteiger partial charge is 0.456 e. The van der Waals surface area contributed by atoms with E-state index in [1.54, 1.807) is 0 Å². The molecule has 0 amide bonds. The van der Waals surface area contributed by atoms with Crippen molar-refractivity contribution in [3.63, 3.8) is 0 Å². The quantitative estimate of drug-likeness (QED) is 0.178. The molecule has 12 aromatic rings. The maximum atomic E-state index is 6.45. The molecule has 262 valence electrons. The molecule has 0 N–H and O–H groups in total. The van der Waals surface area contributed by atoms with Crippen LogP contribution in [0.1, 0.15) is 0 Å². The average Bonchev–Trinajstić information content (AvgIpc) is 3.93. The van der Waals surface area contributed by atoms with Gasteiger partial charge in [-0.15, -0.1) is 0 Å². The van der Waals surface area contributed by atoms with Gasteiger partial charge in [0.1, 0.15) is 22.3 Å². The Morgan fingerprint density at radius 2 is 0.964 bits per heavy atom. The van der Waals surface area contributed by atoms with Gasteiger partial charge in [0.05, 0.1) is 27.8 Å². The van der Waals surface area contributed by atoms with Crippen molar-refractivity contribution in [3.05, 3.63) is 194 Å². The number of hydrogen-bond donors (Lipinski definition) is 0. The minimum atomic E-state index is 0.853. The van der Waals surface area contributed by atoms with Crippen LogP contribution in [0.5, 0.6) is 0 Å². The van der Waals surface area contributed by atoms with Gasteiger partial charge in [0, 0.05) is 43.9 Å². The molecule has 9 aromatic carbocycles. The number of anilines is 3. The van der Waals surface area contributed by atoms with Crippen LogP contribution in [0.2, 0.25) is 0 Å². The zero-order valence-corrected chi connectivity index (χ0v) is 30.2. The van der Waals surface area contributed by atoms with Gasteiger partial charge in [-0.3, -0.25) is 0 Å². The van der Waals surface area contributed by atoms with Crippen LogP contribution < -0.4 is 4.90 Å². The summed E-state index contributed by atoms with van der Waals surface area (Å²) in [7, 11) is 0. The van der Waals surface area contributed by atoms with Crippen molar-refractivity contribution >= 4 is 93.5 Å².